The topological polar surface area (TPSA) is 23.4 Å². The summed E-state index contributed by atoms with van der Waals surface area (Å²) in [5.41, 5.74) is 4.65. The Morgan fingerprint density at radius 3 is 2.64 bits per heavy atom. The van der Waals surface area contributed by atoms with Crippen molar-refractivity contribution in [3.8, 4) is 0 Å². The zero-order chi connectivity index (χ0) is 17.1. The number of piperazine rings is 1. The molecule has 1 aromatic heterocycles. The standard InChI is InChI=1S/C21H32N4/c1-2-11-24-14-8-19-18-6-3-4-7-20(18)25(21(19)17-24)13-5-12-23-15-9-22-10-16-23/h3-4,6-7,22H,2,5,8-17H2,1H3. The summed E-state index contributed by atoms with van der Waals surface area (Å²) in [4.78, 5) is 5.24. The molecule has 2 aliphatic heterocycles. The number of hydrogen-bond donors (Lipinski definition) is 1. The van der Waals surface area contributed by atoms with Gasteiger partial charge in [-0.15, -0.1) is 0 Å². The van der Waals surface area contributed by atoms with E-state index >= 15 is 0 Å². The Labute approximate surface area is 151 Å². The Hall–Kier alpha value is -1.36. The predicted molar refractivity (Wildman–Crippen MR) is 105 cm³/mol. The molecule has 0 bridgehead atoms. The van der Waals surface area contributed by atoms with Gasteiger partial charge in [0.05, 0.1) is 0 Å². The van der Waals surface area contributed by atoms with Gasteiger partial charge in [0, 0.05) is 62.4 Å². The predicted octanol–water partition coefficient (Wildman–Crippen LogP) is 2.70. The van der Waals surface area contributed by atoms with E-state index in [0.29, 0.717) is 0 Å². The van der Waals surface area contributed by atoms with Crippen LogP contribution in [0.5, 0.6) is 0 Å². The molecule has 136 valence electrons. The zero-order valence-corrected chi connectivity index (χ0v) is 15.6. The second kappa shape index (κ2) is 7.90. The van der Waals surface area contributed by atoms with Crippen molar-refractivity contribution in [3.05, 3.63) is 35.5 Å². The molecule has 0 atom stereocenters. The summed E-state index contributed by atoms with van der Waals surface area (Å²) in [7, 11) is 0. The van der Waals surface area contributed by atoms with Gasteiger partial charge >= 0.3 is 0 Å². The van der Waals surface area contributed by atoms with E-state index in [1.54, 1.807) is 11.3 Å². The molecule has 4 nitrogen and oxygen atoms in total. The Morgan fingerprint density at radius 1 is 0.960 bits per heavy atom. The van der Waals surface area contributed by atoms with E-state index < -0.39 is 0 Å². The maximum Gasteiger partial charge on any atom is 0.0485 e. The lowest BCUT2D eigenvalue weighted by Gasteiger charge is -2.29. The summed E-state index contributed by atoms with van der Waals surface area (Å²) >= 11 is 0. The van der Waals surface area contributed by atoms with E-state index in [1.807, 2.05) is 0 Å². The number of aryl methyl sites for hydroxylation is 1. The van der Waals surface area contributed by atoms with E-state index in [9.17, 15) is 0 Å². The Kier molecular flexibility index (Phi) is 5.39. The van der Waals surface area contributed by atoms with E-state index in [0.717, 1.165) is 26.2 Å². The Balaban J connectivity index is 1.53. The van der Waals surface area contributed by atoms with Crippen LogP contribution in [-0.4, -0.2) is 60.2 Å². The van der Waals surface area contributed by atoms with E-state index in [2.05, 4.69) is 50.9 Å². The highest BCUT2D eigenvalue weighted by atomic mass is 15.2. The molecule has 2 aliphatic rings. The van der Waals surface area contributed by atoms with Gasteiger partial charge in [0.1, 0.15) is 0 Å². The van der Waals surface area contributed by atoms with Gasteiger partial charge in [-0.25, -0.2) is 0 Å². The molecule has 1 fully saturated rings. The fourth-order valence-corrected chi connectivity index (χ4v) is 4.60. The summed E-state index contributed by atoms with van der Waals surface area (Å²) in [6, 6.07) is 9.05. The summed E-state index contributed by atoms with van der Waals surface area (Å²) in [5, 5.41) is 4.94. The molecule has 0 aliphatic carbocycles. The van der Waals surface area contributed by atoms with Crippen LogP contribution in [0.1, 0.15) is 31.0 Å². The molecule has 0 unspecified atom stereocenters. The number of para-hydroxylation sites is 1. The molecule has 0 spiro atoms. The fraction of sp³-hybridized carbons (Fsp3) is 0.619. The molecule has 1 aromatic carbocycles. The van der Waals surface area contributed by atoms with E-state index in [4.69, 9.17) is 0 Å². The third-order valence-corrected chi connectivity index (χ3v) is 5.85. The largest absolute Gasteiger partial charge is 0.343 e. The van der Waals surface area contributed by atoms with Crippen molar-refractivity contribution < 1.29 is 0 Å². The van der Waals surface area contributed by atoms with Crippen molar-refractivity contribution in [2.45, 2.75) is 39.3 Å². The Bertz CT molecular complexity index is 699. The molecule has 2 aromatic rings. The minimum absolute atomic E-state index is 1.13. The van der Waals surface area contributed by atoms with Crippen LogP contribution in [0, 0.1) is 0 Å². The van der Waals surface area contributed by atoms with Crippen molar-refractivity contribution in [1.29, 1.82) is 0 Å². The lowest BCUT2D eigenvalue weighted by molar-refractivity contribution is 0.230. The first-order valence-corrected chi connectivity index (χ1v) is 10.1. The average Bonchev–Trinajstić information content (AvgIpc) is 2.97. The van der Waals surface area contributed by atoms with Gasteiger partial charge in [-0.1, -0.05) is 25.1 Å². The number of rotatable bonds is 6. The van der Waals surface area contributed by atoms with Crippen molar-refractivity contribution in [1.82, 2.24) is 19.7 Å². The quantitative estimate of drug-likeness (QED) is 0.875. The van der Waals surface area contributed by atoms with Crippen LogP contribution in [0.15, 0.2) is 24.3 Å². The van der Waals surface area contributed by atoms with Gasteiger partial charge in [0.25, 0.3) is 0 Å². The lowest BCUT2D eigenvalue weighted by Crippen LogP contribution is -2.43. The van der Waals surface area contributed by atoms with Gasteiger partial charge in [-0.2, -0.15) is 0 Å². The third kappa shape index (κ3) is 3.62. The lowest BCUT2D eigenvalue weighted by atomic mass is 10.0. The molecule has 3 heterocycles. The monoisotopic (exact) mass is 340 g/mol. The molecule has 0 saturated carbocycles. The molecule has 1 saturated heterocycles. The van der Waals surface area contributed by atoms with Crippen LogP contribution in [0.25, 0.3) is 10.9 Å². The van der Waals surface area contributed by atoms with Crippen LogP contribution in [0.3, 0.4) is 0 Å². The number of nitrogens with zero attached hydrogens (tertiary/aromatic N) is 3. The molecule has 0 radical (unpaired) electrons. The summed E-state index contributed by atoms with van der Waals surface area (Å²) in [6.45, 7) is 12.9. The highest BCUT2D eigenvalue weighted by molar-refractivity contribution is 5.85. The number of hydrogen-bond acceptors (Lipinski definition) is 3. The first-order chi connectivity index (χ1) is 12.4. The maximum absolute atomic E-state index is 3.45. The van der Waals surface area contributed by atoms with Crippen LogP contribution < -0.4 is 5.32 Å². The second-order valence-electron chi connectivity index (χ2n) is 7.57. The van der Waals surface area contributed by atoms with Crippen molar-refractivity contribution in [2.75, 3.05) is 45.8 Å². The number of benzene rings is 1. The minimum atomic E-state index is 1.13. The molecule has 25 heavy (non-hydrogen) atoms. The molecule has 0 amide bonds. The number of fused-ring (bicyclic) bond motifs is 3. The van der Waals surface area contributed by atoms with E-state index in [1.165, 1.54) is 62.9 Å². The first kappa shape index (κ1) is 17.1. The smallest absolute Gasteiger partial charge is 0.0485 e. The number of nitrogens with one attached hydrogen (secondary N) is 1. The summed E-state index contributed by atoms with van der Waals surface area (Å²) in [5.74, 6) is 0. The molecule has 4 rings (SSSR count). The normalized spacial score (nSPS) is 19.4. The molecular formula is C21H32N4. The Morgan fingerprint density at radius 2 is 1.80 bits per heavy atom. The average molecular weight is 341 g/mol. The van der Waals surface area contributed by atoms with E-state index in [-0.39, 0.29) is 0 Å². The van der Waals surface area contributed by atoms with Gasteiger partial charge in [-0.05, 0) is 44.0 Å². The number of aromatic nitrogens is 1. The fourth-order valence-electron chi connectivity index (χ4n) is 4.60. The van der Waals surface area contributed by atoms with Gasteiger partial charge in [0.15, 0.2) is 0 Å². The van der Waals surface area contributed by atoms with Crippen LogP contribution in [-0.2, 0) is 19.5 Å². The van der Waals surface area contributed by atoms with Crippen LogP contribution in [0.2, 0.25) is 0 Å². The van der Waals surface area contributed by atoms with Crippen molar-refractivity contribution in [2.24, 2.45) is 0 Å². The highest BCUT2D eigenvalue weighted by Crippen LogP contribution is 2.31. The molecule has 1 N–H and O–H groups in total. The van der Waals surface area contributed by atoms with Gasteiger partial charge in [-0.3, -0.25) is 4.90 Å². The van der Waals surface area contributed by atoms with Crippen molar-refractivity contribution in [3.63, 3.8) is 0 Å². The summed E-state index contributed by atoms with van der Waals surface area (Å²) in [6.07, 6.45) is 3.71. The van der Waals surface area contributed by atoms with Crippen LogP contribution >= 0.6 is 0 Å². The summed E-state index contributed by atoms with van der Waals surface area (Å²) < 4.78 is 2.63. The SMILES string of the molecule is CCCN1CCc2c(n(CCCN3CCNCC3)c3ccccc23)C1. The highest BCUT2D eigenvalue weighted by Gasteiger charge is 2.23. The van der Waals surface area contributed by atoms with Crippen molar-refractivity contribution >= 4 is 10.9 Å². The third-order valence-electron chi connectivity index (χ3n) is 5.85. The minimum Gasteiger partial charge on any atom is -0.343 e. The molecular weight excluding hydrogens is 308 g/mol. The first-order valence-electron chi connectivity index (χ1n) is 10.1. The van der Waals surface area contributed by atoms with Crippen LogP contribution in [0.4, 0.5) is 0 Å². The second-order valence-corrected chi connectivity index (χ2v) is 7.57. The van der Waals surface area contributed by atoms with Gasteiger partial charge in [0.2, 0.25) is 0 Å². The maximum atomic E-state index is 3.45. The molecule has 4 heteroatoms. The van der Waals surface area contributed by atoms with Gasteiger partial charge < -0.3 is 14.8 Å². The zero-order valence-electron chi connectivity index (χ0n) is 15.6.